The minimum atomic E-state index is -4.52. The van der Waals surface area contributed by atoms with Gasteiger partial charge in [-0.15, -0.1) is 0 Å². The van der Waals surface area contributed by atoms with Crippen molar-refractivity contribution in [2.75, 3.05) is 43.8 Å². The van der Waals surface area contributed by atoms with Crippen molar-refractivity contribution in [3.8, 4) is 0 Å². The molecule has 2 aliphatic heterocycles. The summed E-state index contributed by atoms with van der Waals surface area (Å²) in [5, 5.41) is 3.14. The first-order valence-corrected chi connectivity index (χ1v) is 13.4. The molecular formula is C28H34F6N4O2. The van der Waals surface area contributed by atoms with E-state index in [1.165, 1.54) is 24.3 Å². The molecule has 0 atom stereocenters. The van der Waals surface area contributed by atoms with Crippen LogP contribution in [0.5, 0.6) is 0 Å². The van der Waals surface area contributed by atoms with Crippen molar-refractivity contribution in [2.45, 2.75) is 63.2 Å². The predicted octanol–water partition coefficient (Wildman–Crippen LogP) is 5.78. The zero-order valence-corrected chi connectivity index (χ0v) is 22.0. The van der Waals surface area contributed by atoms with Crippen LogP contribution >= 0.6 is 0 Å². The summed E-state index contributed by atoms with van der Waals surface area (Å²) in [5.74, 6) is 0.0611. The Morgan fingerprint density at radius 1 is 0.900 bits per heavy atom. The van der Waals surface area contributed by atoms with Gasteiger partial charge in [-0.05, 0) is 61.6 Å². The van der Waals surface area contributed by atoms with Gasteiger partial charge in [-0.3, -0.25) is 4.79 Å². The van der Waals surface area contributed by atoms with E-state index in [1.54, 1.807) is 0 Å². The van der Waals surface area contributed by atoms with Crippen molar-refractivity contribution < 1.29 is 35.9 Å². The summed E-state index contributed by atoms with van der Waals surface area (Å²) in [6.07, 6.45) is -5.61. The number of piperidine rings is 2. The number of halogens is 6. The first kappa shape index (κ1) is 30.0. The monoisotopic (exact) mass is 572 g/mol. The van der Waals surface area contributed by atoms with E-state index in [9.17, 15) is 31.1 Å². The second-order valence-corrected chi connectivity index (χ2v) is 10.4. The van der Waals surface area contributed by atoms with E-state index >= 15 is 0 Å². The van der Waals surface area contributed by atoms with Crippen LogP contribution in [0.1, 0.15) is 48.8 Å². The normalized spacial score (nSPS) is 18.2. The Balaban J connectivity index is 1.12. The number of alkyl halides is 6. The van der Waals surface area contributed by atoms with Gasteiger partial charge in [-0.25, -0.2) is 0 Å². The van der Waals surface area contributed by atoms with Crippen molar-refractivity contribution >= 4 is 17.3 Å². The lowest BCUT2D eigenvalue weighted by molar-refractivity contribution is -0.138. The van der Waals surface area contributed by atoms with Crippen molar-refractivity contribution in [3.63, 3.8) is 0 Å². The smallest absolute Gasteiger partial charge is 0.398 e. The summed E-state index contributed by atoms with van der Waals surface area (Å²) in [5.41, 5.74) is 4.67. The number of carbonyl (C=O) groups is 1. The third kappa shape index (κ3) is 8.26. The molecule has 2 aliphatic rings. The number of nitrogen functional groups attached to an aromatic ring is 1. The number of anilines is 2. The molecule has 0 aliphatic carbocycles. The Morgan fingerprint density at radius 2 is 1.55 bits per heavy atom. The number of benzene rings is 2. The highest BCUT2D eigenvalue weighted by Crippen LogP contribution is 2.35. The number of hydrogen-bond acceptors (Lipinski definition) is 5. The van der Waals surface area contributed by atoms with Gasteiger partial charge in [0, 0.05) is 56.6 Å². The third-order valence-electron chi connectivity index (χ3n) is 7.52. The van der Waals surface area contributed by atoms with Crippen molar-refractivity contribution in [3.05, 3.63) is 59.2 Å². The average molecular weight is 573 g/mol. The van der Waals surface area contributed by atoms with Gasteiger partial charge in [-0.1, -0.05) is 12.1 Å². The van der Waals surface area contributed by atoms with E-state index < -0.39 is 23.5 Å². The maximum Gasteiger partial charge on any atom is 0.418 e. The fourth-order valence-corrected chi connectivity index (χ4v) is 5.12. The molecule has 220 valence electrons. The lowest BCUT2D eigenvalue weighted by Crippen LogP contribution is -2.44. The summed E-state index contributed by atoms with van der Waals surface area (Å²) in [7, 11) is 0. The van der Waals surface area contributed by atoms with Crippen LogP contribution in [0.3, 0.4) is 0 Å². The van der Waals surface area contributed by atoms with Crippen LogP contribution in [0.15, 0.2) is 42.5 Å². The van der Waals surface area contributed by atoms with Gasteiger partial charge in [0.1, 0.15) is 0 Å². The van der Waals surface area contributed by atoms with Crippen LogP contribution < -0.4 is 11.1 Å². The number of carbonyl (C=O) groups excluding carboxylic acids is 1. The maximum absolute atomic E-state index is 13.1. The molecule has 0 aromatic heterocycles. The number of likely N-dealkylation sites (tertiary alicyclic amines) is 2. The number of ether oxygens (including phenoxy) is 1. The molecule has 2 saturated heterocycles. The summed E-state index contributed by atoms with van der Waals surface area (Å²) in [4.78, 5) is 16.8. The van der Waals surface area contributed by atoms with Crippen molar-refractivity contribution in [1.29, 1.82) is 0 Å². The van der Waals surface area contributed by atoms with Gasteiger partial charge >= 0.3 is 12.4 Å². The van der Waals surface area contributed by atoms with Crippen molar-refractivity contribution in [2.24, 2.45) is 0 Å². The summed E-state index contributed by atoms with van der Waals surface area (Å²) in [6.45, 7) is 3.52. The molecule has 0 bridgehead atoms. The Kier molecular flexibility index (Phi) is 9.50. The average Bonchev–Trinajstić information content (AvgIpc) is 2.92. The summed E-state index contributed by atoms with van der Waals surface area (Å²) >= 11 is 0. The van der Waals surface area contributed by atoms with Crippen molar-refractivity contribution in [1.82, 2.24) is 9.80 Å². The minimum Gasteiger partial charge on any atom is -0.398 e. The maximum atomic E-state index is 13.1. The number of nitrogens with two attached hydrogens (primary N) is 1. The van der Waals surface area contributed by atoms with E-state index in [-0.39, 0.29) is 30.3 Å². The highest BCUT2D eigenvalue weighted by atomic mass is 19.4. The number of amides is 1. The lowest BCUT2D eigenvalue weighted by atomic mass is 10.0. The van der Waals surface area contributed by atoms with Crippen LogP contribution in [0.4, 0.5) is 37.7 Å². The minimum absolute atomic E-state index is 0.0223. The molecule has 0 unspecified atom stereocenters. The quantitative estimate of drug-likeness (QED) is 0.310. The van der Waals surface area contributed by atoms with E-state index in [2.05, 4.69) is 10.2 Å². The fourth-order valence-electron chi connectivity index (χ4n) is 5.12. The molecule has 4 rings (SSSR count). The molecule has 2 aromatic rings. The molecule has 2 heterocycles. The molecule has 12 heteroatoms. The topological polar surface area (TPSA) is 70.8 Å². The Morgan fingerprint density at radius 3 is 2.15 bits per heavy atom. The molecule has 2 fully saturated rings. The number of hydrogen-bond donors (Lipinski definition) is 2. The SMILES string of the molecule is Nc1ccc(NC2CCN(C(=O)CCN3CCC(OCc4ccc(C(F)(F)F)cc4)CC3)CC2)cc1C(F)(F)F. The van der Waals surface area contributed by atoms with E-state index in [4.69, 9.17) is 10.5 Å². The van der Waals surface area contributed by atoms with Gasteiger partial charge in [-0.2, -0.15) is 26.3 Å². The van der Waals surface area contributed by atoms with Crippen LogP contribution in [0, 0.1) is 0 Å². The van der Waals surface area contributed by atoms with E-state index in [0.29, 0.717) is 50.1 Å². The molecule has 2 aromatic carbocycles. The standard InChI is InChI=1S/C28H34F6N4O2/c29-27(30,31)20-3-1-19(2-4-20)18-40-23-9-12-37(13-10-23)14-11-26(39)38-15-7-21(8-16-38)36-22-5-6-25(35)24(17-22)28(32,33)34/h1-6,17,21,23,36H,7-16,18,35H2. The van der Waals surface area contributed by atoms with E-state index in [0.717, 1.165) is 44.1 Å². The fraction of sp³-hybridized carbons (Fsp3) is 0.536. The second kappa shape index (κ2) is 12.7. The Labute approximate surface area is 229 Å². The summed E-state index contributed by atoms with van der Waals surface area (Å²) < 4.78 is 83.4. The first-order chi connectivity index (χ1) is 18.9. The number of nitrogens with zero attached hydrogens (tertiary/aromatic N) is 2. The Bertz CT molecular complexity index is 1120. The third-order valence-corrected chi connectivity index (χ3v) is 7.52. The van der Waals surface area contributed by atoms with Crippen LogP contribution in [0.25, 0.3) is 0 Å². The van der Waals surface area contributed by atoms with E-state index in [1.807, 2.05) is 4.90 Å². The highest BCUT2D eigenvalue weighted by molar-refractivity contribution is 5.76. The van der Waals surface area contributed by atoms with Gasteiger partial charge in [0.05, 0.1) is 23.8 Å². The highest BCUT2D eigenvalue weighted by Gasteiger charge is 2.33. The largest absolute Gasteiger partial charge is 0.418 e. The second-order valence-electron chi connectivity index (χ2n) is 10.4. The van der Waals surface area contributed by atoms with Crippen LogP contribution in [-0.4, -0.2) is 60.6 Å². The van der Waals surface area contributed by atoms with Gasteiger partial charge in [0.2, 0.25) is 5.91 Å². The molecule has 0 saturated carbocycles. The van der Waals surface area contributed by atoms with Crippen LogP contribution in [0.2, 0.25) is 0 Å². The molecule has 0 radical (unpaired) electrons. The molecule has 1 amide bonds. The zero-order valence-electron chi connectivity index (χ0n) is 22.0. The van der Waals surface area contributed by atoms with Gasteiger partial charge in [0.15, 0.2) is 0 Å². The molecule has 40 heavy (non-hydrogen) atoms. The zero-order chi connectivity index (χ0) is 28.9. The van der Waals surface area contributed by atoms with Gasteiger partial charge in [0.25, 0.3) is 0 Å². The molecule has 6 nitrogen and oxygen atoms in total. The van der Waals surface area contributed by atoms with Crippen LogP contribution in [-0.2, 0) is 28.5 Å². The Hall–Kier alpha value is -2.99. The lowest BCUT2D eigenvalue weighted by Gasteiger charge is -2.35. The molecule has 3 N–H and O–H groups in total. The van der Waals surface area contributed by atoms with Gasteiger partial charge < -0.3 is 25.6 Å². The first-order valence-electron chi connectivity index (χ1n) is 13.4. The summed E-state index contributed by atoms with van der Waals surface area (Å²) in [6, 6.07) is 8.76. The predicted molar refractivity (Wildman–Crippen MR) is 139 cm³/mol. The number of rotatable bonds is 8. The molecule has 0 spiro atoms. The molecular weight excluding hydrogens is 538 g/mol. The number of nitrogens with one attached hydrogen (secondary N) is 1.